The molecular weight excluding hydrogens is 577 g/mol. The Hall–Kier alpha value is -3.71. The minimum absolute atomic E-state index is 0.107. The number of nitrogens with two attached hydrogens (primary N) is 1. The lowest BCUT2D eigenvalue weighted by Gasteiger charge is -2.35. The number of nitrogens with one attached hydrogen (secondary N) is 2. The summed E-state index contributed by atoms with van der Waals surface area (Å²) in [7, 11) is 3.32. The van der Waals surface area contributed by atoms with Gasteiger partial charge >= 0.3 is 5.92 Å². The molecule has 2 heterocycles. The molecule has 4 N–H and O–H groups in total. The van der Waals surface area contributed by atoms with Crippen molar-refractivity contribution in [3.05, 3.63) is 53.5 Å². The number of benzene rings is 1. The number of aromatic nitrogens is 1. The first-order chi connectivity index (χ1) is 20.9. The minimum atomic E-state index is -3.98. The van der Waals surface area contributed by atoms with E-state index in [0.717, 1.165) is 44.6 Å². The monoisotopic (exact) mass is 618 g/mol. The van der Waals surface area contributed by atoms with E-state index in [-0.39, 0.29) is 17.5 Å². The molecule has 3 atom stereocenters. The van der Waals surface area contributed by atoms with Crippen molar-refractivity contribution < 1.29 is 32.3 Å². The van der Waals surface area contributed by atoms with Crippen LogP contribution >= 0.6 is 0 Å². The predicted octanol–water partition coefficient (Wildman–Crippen LogP) is 3.23. The van der Waals surface area contributed by atoms with Crippen LogP contribution in [0.5, 0.6) is 5.88 Å². The highest BCUT2D eigenvalue weighted by atomic mass is 19.3. The number of amides is 3. The Morgan fingerprint density at radius 3 is 2.34 bits per heavy atom. The van der Waals surface area contributed by atoms with Crippen LogP contribution in [-0.4, -0.2) is 84.9 Å². The first-order valence-electron chi connectivity index (χ1n) is 14.9. The molecule has 0 unspecified atom stereocenters. The molecule has 44 heavy (non-hydrogen) atoms. The van der Waals surface area contributed by atoms with E-state index >= 15 is 13.2 Å². The summed E-state index contributed by atoms with van der Waals surface area (Å²) in [6, 6.07) is 4.17. The van der Waals surface area contributed by atoms with E-state index in [1.807, 2.05) is 7.05 Å². The molecular formula is C31H41F3N6O4. The van der Waals surface area contributed by atoms with Crippen molar-refractivity contribution in [1.82, 2.24) is 20.1 Å². The van der Waals surface area contributed by atoms with E-state index in [0.29, 0.717) is 31.5 Å². The zero-order valence-corrected chi connectivity index (χ0v) is 25.3. The average Bonchev–Trinajstić information content (AvgIpc) is 3.04. The van der Waals surface area contributed by atoms with Gasteiger partial charge in [0.2, 0.25) is 17.7 Å². The van der Waals surface area contributed by atoms with Crippen LogP contribution < -0.4 is 21.1 Å². The summed E-state index contributed by atoms with van der Waals surface area (Å²) < 4.78 is 50.4. The number of ether oxygens (including phenoxy) is 1. The highest BCUT2D eigenvalue weighted by Crippen LogP contribution is 2.32. The molecule has 13 heteroatoms. The van der Waals surface area contributed by atoms with E-state index in [1.165, 1.54) is 25.3 Å². The second-order valence-electron chi connectivity index (χ2n) is 11.7. The molecule has 1 saturated heterocycles. The van der Waals surface area contributed by atoms with Gasteiger partial charge in [-0.2, -0.15) is 8.78 Å². The van der Waals surface area contributed by atoms with E-state index in [9.17, 15) is 14.4 Å². The zero-order chi connectivity index (χ0) is 32.0. The Morgan fingerprint density at radius 1 is 1.07 bits per heavy atom. The van der Waals surface area contributed by atoms with Crippen molar-refractivity contribution in [3.63, 3.8) is 0 Å². The number of methoxy groups -OCH3 is 1. The number of halogens is 3. The Balaban J connectivity index is 1.46. The number of hydrogen-bond acceptors (Lipinski definition) is 7. The number of rotatable bonds is 10. The van der Waals surface area contributed by atoms with Gasteiger partial charge in [-0.25, -0.2) is 9.37 Å². The molecule has 10 nitrogen and oxygen atoms in total. The molecule has 4 rings (SSSR count). The predicted molar refractivity (Wildman–Crippen MR) is 159 cm³/mol. The first kappa shape index (κ1) is 33.2. The number of piperazine rings is 1. The number of nitrogens with zero attached hydrogens (tertiary/aromatic N) is 3. The highest BCUT2D eigenvalue weighted by Gasteiger charge is 2.44. The molecule has 1 aromatic carbocycles. The fraction of sp³-hybridized carbons (Fsp3) is 0.548. The smallest absolute Gasteiger partial charge is 0.351 e. The Morgan fingerprint density at radius 2 is 1.75 bits per heavy atom. The van der Waals surface area contributed by atoms with Gasteiger partial charge in [-0.05, 0) is 49.6 Å². The molecule has 0 spiro atoms. The van der Waals surface area contributed by atoms with Gasteiger partial charge in [0, 0.05) is 49.9 Å². The van der Waals surface area contributed by atoms with Crippen molar-refractivity contribution in [2.24, 2.45) is 11.7 Å². The van der Waals surface area contributed by atoms with Crippen LogP contribution in [0.3, 0.4) is 0 Å². The number of carbonyl (C=O) groups excluding carboxylic acids is 3. The van der Waals surface area contributed by atoms with Crippen LogP contribution in [0.4, 0.5) is 18.9 Å². The summed E-state index contributed by atoms with van der Waals surface area (Å²) in [4.78, 5) is 46.8. The number of likely N-dealkylation sites (N-methyl/N-ethyl adjacent to an activating group) is 1. The van der Waals surface area contributed by atoms with Gasteiger partial charge in [-0.3, -0.25) is 14.4 Å². The summed E-state index contributed by atoms with van der Waals surface area (Å²) in [5.74, 6) is -8.22. The van der Waals surface area contributed by atoms with Gasteiger partial charge in [0.25, 0.3) is 5.91 Å². The van der Waals surface area contributed by atoms with Crippen molar-refractivity contribution >= 4 is 23.4 Å². The lowest BCUT2D eigenvalue weighted by molar-refractivity contribution is -0.149. The lowest BCUT2D eigenvalue weighted by atomic mass is 9.83. The van der Waals surface area contributed by atoms with E-state index in [4.69, 9.17) is 10.5 Å². The molecule has 1 aliphatic heterocycles. The normalized spacial score (nSPS) is 18.7. The molecule has 240 valence electrons. The van der Waals surface area contributed by atoms with Gasteiger partial charge in [0.15, 0.2) is 0 Å². The number of hydrogen-bond donors (Lipinski definition) is 3. The van der Waals surface area contributed by atoms with Crippen LogP contribution in [0.25, 0.3) is 0 Å². The SMILES string of the molecule is COc1ccc(C(F)(F)C(=O)N[C@H](C(=O)Nc2ccc([C@H](C)[C@@H](N)C(=O)N3CCN(C)CC3)cc2F)C2CCCCC2)cn1. The molecule has 1 saturated carbocycles. The molecule has 0 bridgehead atoms. The summed E-state index contributed by atoms with van der Waals surface area (Å²) in [5, 5.41) is 4.72. The fourth-order valence-corrected chi connectivity index (χ4v) is 5.70. The molecule has 3 amide bonds. The number of pyridine rings is 1. The average molecular weight is 619 g/mol. The quantitative estimate of drug-likeness (QED) is 0.373. The van der Waals surface area contributed by atoms with Crippen molar-refractivity contribution in [1.29, 1.82) is 0 Å². The van der Waals surface area contributed by atoms with Crippen LogP contribution in [0.2, 0.25) is 0 Å². The third-order valence-electron chi connectivity index (χ3n) is 8.70. The maximum atomic E-state index is 15.3. The second kappa shape index (κ2) is 14.4. The third kappa shape index (κ3) is 7.68. The summed E-state index contributed by atoms with van der Waals surface area (Å²) in [5.41, 5.74) is 5.92. The molecule has 2 aromatic rings. The Labute approximate surface area is 255 Å². The van der Waals surface area contributed by atoms with Gasteiger partial charge in [0.1, 0.15) is 11.9 Å². The number of anilines is 1. The highest BCUT2D eigenvalue weighted by molar-refractivity contribution is 5.98. The van der Waals surface area contributed by atoms with Crippen molar-refractivity contribution in [2.75, 3.05) is 45.7 Å². The molecule has 0 radical (unpaired) electrons. The maximum Gasteiger partial charge on any atom is 0.351 e. The molecule has 2 fully saturated rings. The molecule has 1 aliphatic carbocycles. The van der Waals surface area contributed by atoms with Crippen LogP contribution in [-0.2, 0) is 20.3 Å². The summed E-state index contributed by atoms with van der Waals surface area (Å²) >= 11 is 0. The van der Waals surface area contributed by atoms with Crippen LogP contribution in [0.15, 0.2) is 36.5 Å². The second-order valence-corrected chi connectivity index (χ2v) is 11.7. The van der Waals surface area contributed by atoms with Crippen molar-refractivity contribution in [3.8, 4) is 5.88 Å². The first-order valence-corrected chi connectivity index (χ1v) is 14.9. The van der Waals surface area contributed by atoms with Gasteiger partial charge < -0.3 is 30.9 Å². The van der Waals surface area contributed by atoms with E-state index in [1.54, 1.807) is 17.9 Å². The minimum Gasteiger partial charge on any atom is -0.481 e. The summed E-state index contributed by atoms with van der Waals surface area (Å²) in [6.07, 6.45) is 4.42. The van der Waals surface area contributed by atoms with Crippen molar-refractivity contribution in [2.45, 2.75) is 63.0 Å². The topological polar surface area (TPSA) is 130 Å². The van der Waals surface area contributed by atoms with E-state index in [2.05, 4.69) is 20.5 Å². The third-order valence-corrected chi connectivity index (χ3v) is 8.70. The maximum absolute atomic E-state index is 15.3. The number of alkyl halides is 2. The standard InChI is InChI=1S/C31H41F3N6O4/c1-19(26(35)29(42)40-15-13-39(2)14-16-40)21-9-11-24(23(32)17-21)37-28(41)27(20-7-5-4-6-8-20)38-30(43)31(33,34)22-10-12-25(44-3)36-18-22/h9-12,17-20,26-27H,4-8,13-16,35H2,1-3H3,(H,37,41)(H,38,43)/t19-,26+,27-/m0/s1. The van der Waals surface area contributed by atoms with Gasteiger partial charge in [0.05, 0.1) is 18.8 Å². The Bertz CT molecular complexity index is 1310. The largest absolute Gasteiger partial charge is 0.481 e. The lowest BCUT2D eigenvalue weighted by Crippen LogP contribution is -2.53. The summed E-state index contributed by atoms with van der Waals surface area (Å²) in [6.45, 7) is 4.36. The van der Waals surface area contributed by atoms with E-state index < -0.39 is 53.0 Å². The fourth-order valence-electron chi connectivity index (χ4n) is 5.70. The van der Waals surface area contributed by atoms with Gasteiger partial charge in [-0.1, -0.05) is 32.3 Å². The Kier molecular flexibility index (Phi) is 10.8. The van der Waals surface area contributed by atoms with Crippen LogP contribution in [0, 0.1) is 11.7 Å². The molecule has 1 aromatic heterocycles. The molecule has 2 aliphatic rings. The van der Waals surface area contributed by atoms with Gasteiger partial charge in [-0.15, -0.1) is 0 Å². The zero-order valence-electron chi connectivity index (χ0n) is 25.3. The number of carbonyl (C=O) groups is 3. The van der Waals surface area contributed by atoms with Crippen LogP contribution in [0.1, 0.15) is 56.1 Å².